The van der Waals surface area contributed by atoms with E-state index in [1.807, 2.05) is 24.3 Å². The minimum atomic E-state index is -0.667. The van der Waals surface area contributed by atoms with Crippen molar-refractivity contribution in [3.63, 3.8) is 0 Å². The Morgan fingerprint density at radius 3 is 2.09 bits per heavy atom. The van der Waals surface area contributed by atoms with Crippen molar-refractivity contribution < 1.29 is 20.1 Å². The Morgan fingerprint density at radius 1 is 0.957 bits per heavy atom. The molecule has 4 nitrogen and oxygen atoms in total. The standard InChI is InChI=1S/C19H22O4/c1-23-13-16(19(22)15-7-11-18(21)12-8-15)4-2-3-14-5-9-17(20)10-6-14/h2-3,5-12,16,19-22H,4,13H2,1H3/t16-,19+/m1/s1. The zero-order valence-electron chi connectivity index (χ0n) is 13.1. The molecule has 0 aliphatic heterocycles. The van der Waals surface area contributed by atoms with Crippen molar-refractivity contribution in [2.24, 2.45) is 5.92 Å². The number of phenolic OH excluding ortho intramolecular Hbond substituents is 2. The van der Waals surface area contributed by atoms with Crippen molar-refractivity contribution in [2.75, 3.05) is 13.7 Å². The van der Waals surface area contributed by atoms with Crippen LogP contribution in [0.2, 0.25) is 0 Å². The molecule has 0 aliphatic rings. The van der Waals surface area contributed by atoms with Gasteiger partial charge in [0.2, 0.25) is 0 Å². The normalized spacial score (nSPS) is 14.0. The van der Waals surface area contributed by atoms with Crippen LogP contribution in [0.1, 0.15) is 23.7 Å². The van der Waals surface area contributed by atoms with Crippen LogP contribution < -0.4 is 0 Å². The Bertz CT molecular complexity index is 617. The third-order valence-electron chi connectivity index (χ3n) is 3.70. The molecule has 23 heavy (non-hydrogen) atoms. The third-order valence-corrected chi connectivity index (χ3v) is 3.70. The lowest BCUT2D eigenvalue weighted by Crippen LogP contribution is -2.17. The Kier molecular flexibility index (Phi) is 6.20. The molecular formula is C19H22O4. The molecular weight excluding hydrogens is 292 g/mol. The van der Waals surface area contributed by atoms with Gasteiger partial charge in [-0.3, -0.25) is 0 Å². The average Bonchev–Trinajstić information content (AvgIpc) is 2.56. The molecule has 0 unspecified atom stereocenters. The number of benzene rings is 2. The Morgan fingerprint density at radius 2 is 1.52 bits per heavy atom. The first-order valence-corrected chi connectivity index (χ1v) is 7.51. The number of hydrogen-bond donors (Lipinski definition) is 3. The monoisotopic (exact) mass is 314 g/mol. The van der Waals surface area contributed by atoms with Gasteiger partial charge in [0.1, 0.15) is 11.5 Å². The van der Waals surface area contributed by atoms with Gasteiger partial charge in [0.15, 0.2) is 0 Å². The van der Waals surface area contributed by atoms with E-state index in [1.165, 1.54) is 0 Å². The van der Waals surface area contributed by atoms with Crippen molar-refractivity contribution in [3.8, 4) is 11.5 Å². The largest absolute Gasteiger partial charge is 0.508 e. The summed E-state index contributed by atoms with van der Waals surface area (Å²) in [6, 6.07) is 13.5. The maximum atomic E-state index is 10.5. The first kappa shape index (κ1) is 17.1. The number of aromatic hydroxyl groups is 2. The van der Waals surface area contributed by atoms with Crippen molar-refractivity contribution in [1.82, 2.24) is 0 Å². The number of ether oxygens (including phenoxy) is 1. The summed E-state index contributed by atoms with van der Waals surface area (Å²) in [5.74, 6) is 0.330. The van der Waals surface area contributed by atoms with E-state index in [0.29, 0.717) is 13.0 Å². The van der Waals surface area contributed by atoms with E-state index in [0.717, 1.165) is 11.1 Å². The maximum absolute atomic E-state index is 10.5. The molecule has 0 spiro atoms. The number of allylic oxidation sites excluding steroid dienone is 1. The van der Waals surface area contributed by atoms with Crippen molar-refractivity contribution in [2.45, 2.75) is 12.5 Å². The Hall–Kier alpha value is -2.30. The average molecular weight is 314 g/mol. The molecule has 0 amide bonds. The van der Waals surface area contributed by atoms with Crippen molar-refractivity contribution >= 4 is 6.08 Å². The van der Waals surface area contributed by atoms with Crippen LogP contribution in [0.3, 0.4) is 0 Å². The van der Waals surface area contributed by atoms with Crippen LogP contribution in [-0.2, 0) is 4.74 Å². The molecule has 0 fully saturated rings. The highest BCUT2D eigenvalue weighted by molar-refractivity contribution is 5.50. The lowest BCUT2D eigenvalue weighted by Gasteiger charge is -2.21. The lowest BCUT2D eigenvalue weighted by atomic mass is 9.93. The van der Waals surface area contributed by atoms with E-state index in [4.69, 9.17) is 4.74 Å². The fraction of sp³-hybridized carbons (Fsp3) is 0.263. The molecule has 3 N–H and O–H groups in total. The quantitative estimate of drug-likeness (QED) is 0.731. The SMILES string of the molecule is COC[C@@H](CC=Cc1ccc(O)cc1)[C@@H](O)c1ccc(O)cc1. The van der Waals surface area contributed by atoms with Gasteiger partial charge in [0.05, 0.1) is 12.7 Å². The van der Waals surface area contributed by atoms with Gasteiger partial charge in [-0.1, -0.05) is 36.4 Å². The van der Waals surface area contributed by atoms with Gasteiger partial charge in [0, 0.05) is 13.0 Å². The van der Waals surface area contributed by atoms with Crippen LogP contribution in [0, 0.1) is 5.92 Å². The van der Waals surface area contributed by atoms with Crippen LogP contribution in [0.15, 0.2) is 54.6 Å². The third kappa shape index (κ3) is 5.13. The number of methoxy groups -OCH3 is 1. The van der Waals surface area contributed by atoms with Gasteiger partial charge < -0.3 is 20.1 Å². The summed E-state index contributed by atoms with van der Waals surface area (Å²) >= 11 is 0. The lowest BCUT2D eigenvalue weighted by molar-refractivity contribution is 0.0487. The second kappa shape index (κ2) is 8.36. The molecule has 4 heteroatoms. The number of rotatable bonds is 7. The predicted molar refractivity (Wildman–Crippen MR) is 90.2 cm³/mol. The highest BCUT2D eigenvalue weighted by Crippen LogP contribution is 2.27. The first-order chi connectivity index (χ1) is 11.1. The Labute approximate surface area is 136 Å². The van der Waals surface area contributed by atoms with Crippen LogP contribution in [0.4, 0.5) is 0 Å². The van der Waals surface area contributed by atoms with Crippen LogP contribution in [0.5, 0.6) is 11.5 Å². The summed E-state index contributed by atoms with van der Waals surface area (Å²) in [6.45, 7) is 0.433. The summed E-state index contributed by atoms with van der Waals surface area (Å²) in [5.41, 5.74) is 1.74. The summed E-state index contributed by atoms with van der Waals surface area (Å²) in [4.78, 5) is 0. The van der Waals surface area contributed by atoms with Crippen LogP contribution in [0.25, 0.3) is 6.08 Å². The molecule has 2 aromatic rings. The van der Waals surface area contributed by atoms with Crippen molar-refractivity contribution in [1.29, 1.82) is 0 Å². The summed E-state index contributed by atoms with van der Waals surface area (Å²) in [6.07, 6.45) is 3.92. The van der Waals surface area contributed by atoms with Gasteiger partial charge in [-0.25, -0.2) is 0 Å². The highest BCUT2D eigenvalue weighted by atomic mass is 16.5. The predicted octanol–water partition coefficient (Wildman–Crippen LogP) is 3.50. The van der Waals surface area contributed by atoms with Gasteiger partial charge in [-0.2, -0.15) is 0 Å². The summed E-state index contributed by atoms with van der Waals surface area (Å²) in [7, 11) is 1.61. The molecule has 0 aliphatic carbocycles. The minimum Gasteiger partial charge on any atom is -0.508 e. The number of aliphatic hydroxyl groups excluding tert-OH is 1. The molecule has 0 heterocycles. The first-order valence-electron chi connectivity index (χ1n) is 7.51. The zero-order valence-corrected chi connectivity index (χ0v) is 13.1. The van der Waals surface area contributed by atoms with Gasteiger partial charge >= 0.3 is 0 Å². The van der Waals surface area contributed by atoms with E-state index < -0.39 is 6.10 Å². The zero-order chi connectivity index (χ0) is 16.7. The number of phenols is 2. The summed E-state index contributed by atoms with van der Waals surface area (Å²) < 4.78 is 5.21. The second-order valence-electron chi connectivity index (χ2n) is 5.48. The highest BCUT2D eigenvalue weighted by Gasteiger charge is 2.19. The fourth-order valence-electron chi connectivity index (χ4n) is 2.41. The van der Waals surface area contributed by atoms with Gasteiger partial charge in [-0.05, 0) is 41.8 Å². The smallest absolute Gasteiger partial charge is 0.115 e. The van der Waals surface area contributed by atoms with Crippen LogP contribution in [-0.4, -0.2) is 29.0 Å². The molecule has 2 rings (SSSR count). The van der Waals surface area contributed by atoms with E-state index in [2.05, 4.69) is 0 Å². The molecule has 2 atom stereocenters. The summed E-state index contributed by atoms with van der Waals surface area (Å²) in [5, 5.41) is 29.1. The van der Waals surface area contributed by atoms with E-state index >= 15 is 0 Å². The maximum Gasteiger partial charge on any atom is 0.115 e. The molecule has 2 aromatic carbocycles. The number of hydrogen-bond acceptors (Lipinski definition) is 4. The Balaban J connectivity index is 2.02. The molecule has 0 aromatic heterocycles. The molecule has 0 radical (unpaired) electrons. The van der Waals surface area contributed by atoms with E-state index in [-0.39, 0.29) is 17.4 Å². The van der Waals surface area contributed by atoms with Gasteiger partial charge in [-0.15, -0.1) is 0 Å². The van der Waals surface area contributed by atoms with E-state index in [9.17, 15) is 15.3 Å². The minimum absolute atomic E-state index is 0.0853. The van der Waals surface area contributed by atoms with Gasteiger partial charge in [0.25, 0.3) is 0 Å². The second-order valence-corrected chi connectivity index (χ2v) is 5.48. The molecule has 0 bridgehead atoms. The van der Waals surface area contributed by atoms with Crippen molar-refractivity contribution in [3.05, 3.63) is 65.7 Å². The topological polar surface area (TPSA) is 69.9 Å². The fourth-order valence-corrected chi connectivity index (χ4v) is 2.41. The molecule has 0 saturated heterocycles. The van der Waals surface area contributed by atoms with Crippen LogP contribution >= 0.6 is 0 Å². The van der Waals surface area contributed by atoms with E-state index in [1.54, 1.807) is 43.5 Å². The molecule has 0 saturated carbocycles. The number of aliphatic hydroxyl groups is 1. The molecule has 122 valence electrons.